The van der Waals surface area contributed by atoms with Crippen molar-refractivity contribution in [3.8, 4) is 5.75 Å². The van der Waals surface area contributed by atoms with Crippen LogP contribution in [0, 0.1) is 17.2 Å². The molecule has 0 aliphatic carbocycles. The molecule has 0 aromatic heterocycles. The molecule has 1 aromatic rings. The third-order valence-corrected chi connectivity index (χ3v) is 2.56. The average Bonchev–Trinajstić information content (AvgIpc) is 2.15. The maximum absolute atomic E-state index is 12.9. The van der Waals surface area contributed by atoms with Crippen molar-refractivity contribution in [1.82, 2.24) is 0 Å². The van der Waals surface area contributed by atoms with Crippen LogP contribution >= 0.6 is 0 Å². The predicted molar refractivity (Wildman–Crippen MR) is 62.5 cm³/mol. The van der Waals surface area contributed by atoms with Gasteiger partial charge in [0.15, 0.2) is 0 Å². The summed E-state index contributed by atoms with van der Waals surface area (Å²) in [5, 5.41) is 9.09. The van der Waals surface area contributed by atoms with Crippen LogP contribution in [0.3, 0.4) is 0 Å². The molecule has 0 amide bonds. The molecule has 0 saturated heterocycles. The third-order valence-electron chi connectivity index (χ3n) is 2.56. The monoisotopic (exact) mass is 240 g/mol. The second kappa shape index (κ2) is 5.17. The Balaban J connectivity index is 2.68. The lowest BCUT2D eigenvalue weighted by molar-refractivity contribution is -0.146. The van der Waals surface area contributed by atoms with Crippen LogP contribution in [0.25, 0.3) is 0 Å². The van der Waals surface area contributed by atoms with Crippen LogP contribution < -0.4 is 4.74 Å². The molecule has 17 heavy (non-hydrogen) atoms. The number of rotatable bonds is 4. The zero-order valence-electron chi connectivity index (χ0n) is 10.2. The Morgan fingerprint density at radius 1 is 1.47 bits per heavy atom. The van der Waals surface area contributed by atoms with Crippen LogP contribution in [0.1, 0.15) is 20.8 Å². The zero-order valence-corrected chi connectivity index (χ0v) is 10.2. The van der Waals surface area contributed by atoms with Gasteiger partial charge < -0.3 is 9.84 Å². The lowest BCUT2D eigenvalue weighted by atomic mass is 9.81. The summed E-state index contributed by atoms with van der Waals surface area (Å²) in [6, 6.07) is 5.68. The largest absolute Gasteiger partial charge is 0.493 e. The minimum atomic E-state index is -0.908. The molecule has 94 valence electrons. The molecule has 1 rings (SSSR count). The van der Waals surface area contributed by atoms with Crippen LogP contribution in [0.15, 0.2) is 24.3 Å². The van der Waals surface area contributed by atoms with E-state index in [4.69, 9.17) is 9.84 Å². The summed E-state index contributed by atoms with van der Waals surface area (Å²) in [6.07, 6.45) is 0. The van der Waals surface area contributed by atoms with Crippen molar-refractivity contribution in [2.45, 2.75) is 20.8 Å². The molecule has 0 aliphatic heterocycles. The number of hydrogen-bond donors (Lipinski definition) is 1. The van der Waals surface area contributed by atoms with Crippen LogP contribution in [0.5, 0.6) is 5.75 Å². The number of halogens is 1. The molecule has 1 N–H and O–H groups in total. The van der Waals surface area contributed by atoms with E-state index in [0.29, 0.717) is 5.75 Å². The molecular weight excluding hydrogens is 223 g/mol. The van der Waals surface area contributed by atoms with Gasteiger partial charge in [-0.3, -0.25) is 4.79 Å². The van der Waals surface area contributed by atoms with E-state index in [1.54, 1.807) is 6.07 Å². The van der Waals surface area contributed by atoms with Crippen LogP contribution in [-0.2, 0) is 4.79 Å². The highest BCUT2D eigenvalue weighted by Gasteiger charge is 2.31. The van der Waals surface area contributed by atoms with E-state index in [1.165, 1.54) is 18.2 Å². The van der Waals surface area contributed by atoms with E-state index in [2.05, 4.69) is 0 Å². The average molecular weight is 240 g/mol. The van der Waals surface area contributed by atoms with E-state index in [9.17, 15) is 9.18 Å². The minimum absolute atomic E-state index is 0.0300. The molecule has 0 heterocycles. The summed E-state index contributed by atoms with van der Waals surface area (Å²) in [5.74, 6) is -1.59. The first-order valence-corrected chi connectivity index (χ1v) is 5.42. The highest BCUT2D eigenvalue weighted by Crippen LogP contribution is 2.27. The molecule has 1 atom stereocenters. The summed E-state index contributed by atoms with van der Waals surface area (Å²) < 4.78 is 18.2. The number of carboxylic acids is 1. The minimum Gasteiger partial charge on any atom is -0.493 e. The lowest BCUT2D eigenvalue weighted by Crippen LogP contribution is -2.33. The second-order valence-corrected chi connectivity index (χ2v) is 5.03. The quantitative estimate of drug-likeness (QED) is 0.880. The van der Waals surface area contributed by atoms with Crippen molar-refractivity contribution in [3.05, 3.63) is 30.1 Å². The van der Waals surface area contributed by atoms with Gasteiger partial charge in [0, 0.05) is 6.07 Å². The van der Waals surface area contributed by atoms with Gasteiger partial charge in [-0.25, -0.2) is 4.39 Å². The van der Waals surface area contributed by atoms with Gasteiger partial charge in [-0.1, -0.05) is 26.8 Å². The Morgan fingerprint density at radius 3 is 2.59 bits per heavy atom. The maximum atomic E-state index is 12.9. The fraction of sp³-hybridized carbons (Fsp3) is 0.462. The summed E-state index contributed by atoms with van der Waals surface area (Å²) in [4.78, 5) is 11.1. The van der Waals surface area contributed by atoms with E-state index >= 15 is 0 Å². The first kappa shape index (κ1) is 13.5. The normalized spacial score (nSPS) is 13.2. The van der Waals surface area contributed by atoms with Gasteiger partial charge in [0.1, 0.15) is 18.2 Å². The molecule has 0 saturated carbocycles. The number of benzene rings is 1. The molecule has 0 radical (unpaired) electrons. The van der Waals surface area contributed by atoms with Crippen LogP contribution in [0.4, 0.5) is 4.39 Å². The molecule has 0 spiro atoms. The standard InChI is InChI=1S/C13H17FO3/c1-13(2,3)11(12(15)16)8-17-10-6-4-5-9(14)7-10/h4-7,11H,8H2,1-3H3,(H,15,16). The summed E-state index contributed by atoms with van der Waals surface area (Å²) >= 11 is 0. The van der Waals surface area contributed by atoms with Gasteiger partial charge in [0.25, 0.3) is 0 Å². The van der Waals surface area contributed by atoms with Crippen molar-refractivity contribution in [3.63, 3.8) is 0 Å². The van der Waals surface area contributed by atoms with Crippen molar-refractivity contribution in [1.29, 1.82) is 0 Å². The SMILES string of the molecule is CC(C)(C)C(COc1cccc(F)c1)C(=O)O. The highest BCUT2D eigenvalue weighted by molar-refractivity contribution is 5.71. The molecule has 0 bridgehead atoms. The number of ether oxygens (including phenoxy) is 1. The van der Waals surface area contributed by atoms with Crippen LogP contribution in [0.2, 0.25) is 0 Å². The molecule has 3 nitrogen and oxygen atoms in total. The van der Waals surface area contributed by atoms with Crippen molar-refractivity contribution < 1.29 is 19.0 Å². The van der Waals surface area contributed by atoms with Gasteiger partial charge >= 0.3 is 5.97 Å². The highest BCUT2D eigenvalue weighted by atomic mass is 19.1. The molecular formula is C13H17FO3. The fourth-order valence-corrected chi connectivity index (χ4v) is 1.43. The second-order valence-electron chi connectivity index (χ2n) is 5.03. The smallest absolute Gasteiger partial charge is 0.310 e. The Labute approximate surface area is 100 Å². The first-order chi connectivity index (χ1) is 7.80. The number of carboxylic acid groups (broad SMARTS) is 1. The topological polar surface area (TPSA) is 46.5 Å². The summed E-state index contributed by atoms with van der Waals surface area (Å²) in [7, 11) is 0. The molecule has 0 aliphatic rings. The number of carbonyl (C=O) groups is 1. The van der Waals surface area contributed by atoms with E-state index < -0.39 is 23.1 Å². The molecule has 0 fully saturated rings. The summed E-state index contributed by atoms with van der Waals surface area (Å²) in [5.41, 5.74) is -0.404. The van der Waals surface area contributed by atoms with Gasteiger partial charge in [-0.2, -0.15) is 0 Å². The van der Waals surface area contributed by atoms with E-state index in [1.807, 2.05) is 20.8 Å². The van der Waals surface area contributed by atoms with Gasteiger partial charge in [-0.15, -0.1) is 0 Å². The van der Waals surface area contributed by atoms with Gasteiger partial charge in [0.2, 0.25) is 0 Å². The Bertz CT molecular complexity index is 396. The number of hydrogen-bond acceptors (Lipinski definition) is 2. The van der Waals surface area contributed by atoms with Gasteiger partial charge in [0.05, 0.1) is 5.92 Å². The third kappa shape index (κ3) is 4.06. The Hall–Kier alpha value is -1.58. The van der Waals surface area contributed by atoms with E-state index in [0.717, 1.165) is 0 Å². The predicted octanol–water partition coefficient (Wildman–Crippen LogP) is 2.95. The first-order valence-electron chi connectivity index (χ1n) is 5.42. The van der Waals surface area contributed by atoms with Crippen molar-refractivity contribution in [2.24, 2.45) is 11.3 Å². The maximum Gasteiger partial charge on any atom is 0.310 e. The Morgan fingerprint density at radius 2 is 2.12 bits per heavy atom. The molecule has 1 aromatic carbocycles. The fourth-order valence-electron chi connectivity index (χ4n) is 1.43. The van der Waals surface area contributed by atoms with Crippen molar-refractivity contribution in [2.75, 3.05) is 6.61 Å². The molecule has 1 unspecified atom stereocenters. The lowest BCUT2D eigenvalue weighted by Gasteiger charge is -2.26. The molecule has 4 heteroatoms. The van der Waals surface area contributed by atoms with E-state index in [-0.39, 0.29) is 6.61 Å². The van der Waals surface area contributed by atoms with Crippen molar-refractivity contribution >= 4 is 5.97 Å². The zero-order chi connectivity index (χ0) is 13.1. The number of aliphatic carboxylic acids is 1. The van der Waals surface area contributed by atoms with Crippen LogP contribution in [-0.4, -0.2) is 17.7 Å². The van der Waals surface area contributed by atoms with Gasteiger partial charge in [-0.05, 0) is 17.5 Å². The Kier molecular flexibility index (Phi) is 4.10. The summed E-state index contributed by atoms with van der Waals surface area (Å²) in [6.45, 7) is 5.53.